The highest BCUT2D eigenvalue weighted by Crippen LogP contribution is 2.42. The topological polar surface area (TPSA) is 41.5 Å². The monoisotopic (exact) mass is 306 g/mol. The Morgan fingerprint density at radius 3 is 2.32 bits per heavy atom. The van der Waals surface area contributed by atoms with Crippen molar-refractivity contribution in [2.75, 3.05) is 0 Å². The molecule has 2 aliphatic rings. The summed E-state index contributed by atoms with van der Waals surface area (Å²) in [6.45, 7) is 2.26. The first-order valence-electron chi connectivity index (χ1n) is 9.65. The molecule has 2 bridgehead atoms. The van der Waals surface area contributed by atoms with Gasteiger partial charge in [-0.1, -0.05) is 58.3 Å². The van der Waals surface area contributed by atoms with E-state index < -0.39 is 0 Å². The summed E-state index contributed by atoms with van der Waals surface area (Å²) in [6.07, 6.45) is 17.4. The zero-order valence-electron chi connectivity index (χ0n) is 14.4. The number of fused-ring (bicyclic) bond motifs is 2. The average molecular weight is 306 g/mol. The van der Waals surface area contributed by atoms with Gasteiger partial charge in [-0.3, -0.25) is 4.79 Å². The van der Waals surface area contributed by atoms with Crippen molar-refractivity contribution < 1.29 is 4.79 Å². The first-order chi connectivity index (χ1) is 10.8. The van der Waals surface area contributed by atoms with Crippen LogP contribution in [0, 0.1) is 11.8 Å². The number of nitrogens with one attached hydrogen (secondary N) is 1. The second-order valence-corrected chi connectivity index (χ2v) is 7.30. The Hall–Kier alpha value is -0.860. The van der Waals surface area contributed by atoms with Crippen LogP contribution in [0.5, 0.6) is 0 Å². The van der Waals surface area contributed by atoms with E-state index in [0.29, 0.717) is 12.3 Å². The van der Waals surface area contributed by atoms with E-state index in [2.05, 4.69) is 17.5 Å². The standard InChI is InChI=1S/C19H34N2O/c1-2-3-4-5-6-7-8-9-10-11-19(22)21-20-18-15-16-12-13-17(18)14-16/h16-17H,2-15H2,1H3,(H,21,22). The molecule has 1 amide bonds. The quantitative estimate of drug-likeness (QED) is 0.414. The summed E-state index contributed by atoms with van der Waals surface area (Å²) < 4.78 is 0. The van der Waals surface area contributed by atoms with Gasteiger partial charge in [0.1, 0.15) is 0 Å². The number of rotatable bonds is 11. The van der Waals surface area contributed by atoms with Crippen LogP contribution in [0.3, 0.4) is 0 Å². The first kappa shape index (κ1) is 17.5. The van der Waals surface area contributed by atoms with Gasteiger partial charge in [-0.15, -0.1) is 0 Å². The molecule has 0 spiro atoms. The third-order valence-corrected chi connectivity index (χ3v) is 5.34. The molecular weight excluding hydrogens is 272 g/mol. The summed E-state index contributed by atoms with van der Waals surface area (Å²) in [5.41, 5.74) is 4.04. The fraction of sp³-hybridized carbons (Fsp3) is 0.895. The molecule has 22 heavy (non-hydrogen) atoms. The highest BCUT2D eigenvalue weighted by Gasteiger charge is 2.36. The molecule has 0 aromatic carbocycles. The summed E-state index contributed by atoms with van der Waals surface area (Å²) in [6, 6.07) is 0. The van der Waals surface area contributed by atoms with Crippen LogP contribution in [0.25, 0.3) is 0 Å². The highest BCUT2D eigenvalue weighted by molar-refractivity contribution is 5.90. The number of hydrazone groups is 1. The fourth-order valence-electron chi connectivity index (χ4n) is 3.95. The zero-order chi connectivity index (χ0) is 15.6. The van der Waals surface area contributed by atoms with Gasteiger partial charge >= 0.3 is 0 Å². The van der Waals surface area contributed by atoms with Crippen molar-refractivity contribution >= 4 is 11.6 Å². The van der Waals surface area contributed by atoms with E-state index in [4.69, 9.17) is 0 Å². The Labute approximate surface area is 136 Å². The van der Waals surface area contributed by atoms with Gasteiger partial charge in [0.05, 0.1) is 0 Å². The Morgan fingerprint density at radius 2 is 1.73 bits per heavy atom. The van der Waals surface area contributed by atoms with Crippen molar-refractivity contribution in [3.05, 3.63) is 0 Å². The number of unbranched alkanes of at least 4 members (excludes halogenated alkanes) is 8. The number of hydrogen-bond acceptors (Lipinski definition) is 2. The Balaban J connectivity index is 1.42. The number of carbonyl (C=O) groups excluding carboxylic acids is 1. The van der Waals surface area contributed by atoms with E-state index in [1.807, 2.05) is 0 Å². The fourth-order valence-corrected chi connectivity index (χ4v) is 3.95. The van der Waals surface area contributed by atoms with Crippen LogP contribution in [-0.4, -0.2) is 11.6 Å². The van der Waals surface area contributed by atoms with E-state index >= 15 is 0 Å². The molecule has 1 N–H and O–H groups in total. The van der Waals surface area contributed by atoms with Gasteiger partial charge in [0.25, 0.3) is 0 Å². The van der Waals surface area contributed by atoms with Crippen LogP contribution in [-0.2, 0) is 4.79 Å². The molecule has 0 aromatic rings. The maximum absolute atomic E-state index is 11.8. The number of hydrogen-bond donors (Lipinski definition) is 1. The predicted octanol–water partition coefficient (Wildman–Crippen LogP) is 5.20. The molecule has 0 saturated heterocycles. The molecule has 0 radical (unpaired) electrons. The molecular formula is C19H34N2O. The SMILES string of the molecule is CCCCCCCCCCCC(=O)NN=C1CC2CCC1C2. The normalized spacial score (nSPS) is 25.0. The van der Waals surface area contributed by atoms with E-state index in [0.717, 1.165) is 18.8 Å². The summed E-state index contributed by atoms with van der Waals surface area (Å²) in [5.74, 6) is 1.65. The van der Waals surface area contributed by atoms with Crippen LogP contribution in [0.2, 0.25) is 0 Å². The number of amides is 1. The van der Waals surface area contributed by atoms with Gasteiger partial charge in [-0.2, -0.15) is 5.10 Å². The van der Waals surface area contributed by atoms with E-state index in [-0.39, 0.29) is 5.91 Å². The van der Waals surface area contributed by atoms with Gasteiger partial charge in [0.2, 0.25) is 5.91 Å². The van der Waals surface area contributed by atoms with Gasteiger partial charge < -0.3 is 0 Å². The summed E-state index contributed by atoms with van der Waals surface area (Å²) >= 11 is 0. The lowest BCUT2D eigenvalue weighted by atomic mass is 9.99. The van der Waals surface area contributed by atoms with Crippen LogP contribution >= 0.6 is 0 Å². The van der Waals surface area contributed by atoms with Crippen LogP contribution in [0.1, 0.15) is 96.8 Å². The van der Waals surface area contributed by atoms with E-state index in [1.165, 1.54) is 76.3 Å². The maximum atomic E-state index is 11.8. The third-order valence-electron chi connectivity index (χ3n) is 5.34. The van der Waals surface area contributed by atoms with Crippen LogP contribution in [0.4, 0.5) is 0 Å². The largest absolute Gasteiger partial charge is 0.273 e. The molecule has 2 saturated carbocycles. The molecule has 2 aliphatic carbocycles. The van der Waals surface area contributed by atoms with Crippen molar-refractivity contribution in [1.29, 1.82) is 0 Å². The Kier molecular flexibility index (Phi) is 7.96. The van der Waals surface area contributed by atoms with Crippen LogP contribution in [0.15, 0.2) is 5.10 Å². The average Bonchev–Trinajstić information content (AvgIpc) is 3.14. The number of carbonyl (C=O) groups is 1. The van der Waals surface area contributed by atoms with Crippen molar-refractivity contribution in [1.82, 2.24) is 5.43 Å². The second-order valence-electron chi connectivity index (χ2n) is 7.30. The van der Waals surface area contributed by atoms with Crippen molar-refractivity contribution in [2.45, 2.75) is 96.8 Å². The van der Waals surface area contributed by atoms with Crippen molar-refractivity contribution in [3.63, 3.8) is 0 Å². The smallest absolute Gasteiger partial charge is 0.240 e. The van der Waals surface area contributed by atoms with Crippen molar-refractivity contribution in [3.8, 4) is 0 Å². The van der Waals surface area contributed by atoms with Gasteiger partial charge in [0.15, 0.2) is 0 Å². The van der Waals surface area contributed by atoms with Gasteiger partial charge in [-0.25, -0.2) is 5.43 Å². The van der Waals surface area contributed by atoms with Gasteiger partial charge in [-0.05, 0) is 43.9 Å². The first-order valence-corrected chi connectivity index (χ1v) is 9.65. The third kappa shape index (κ3) is 6.10. The predicted molar refractivity (Wildman–Crippen MR) is 92.9 cm³/mol. The Morgan fingerprint density at radius 1 is 1.05 bits per heavy atom. The minimum atomic E-state index is 0.109. The van der Waals surface area contributed by atoms with Gasteiger partial charge in [0, 0.05) is 12.1 Å². The molecule has 2 unspecified atom stereocenters. The summed E-state index contributed by atoms with van der Waals surface area (Å²) in [4.78, 5) is 11.8. The Bertz CT molecular complexity index is 364. The molecule has 126 valence electrons. The maximum Gasteiger partial charge on any atom is 0.240 e. The minimum Gasteiger partial charge on any atom is -0.273 e. The molecule has 0 aromatic heterocycles. The number of nitrogens with zero attached hydrogens (tertiary/aromatic N) is 1. The summed E-state index contributed by atoms with van der Waals surface area (Å²) in [5, 5.41) is 4.38. The molecule has 2 fully saturated rings. The lowest BCUT2D eigenvalue weighted by molar-refractivity contribution is -0.121. The highest BCUT2D eigenvalue weighted by atomic mass is 16.2. The lowest BCUT2D eigenvalue weighted by Gasteiger charge is -2.11. The lowest BCUT2D eigenvalue weighted by Crippen LogP contribution is -2.21. The van der Waals surface area contributed by atoms with E-state index in [9.17, 15) is 4.79 Å². The summed E-state index contributed by atoms with van der Waals surface area (Å²) in [7, 11) is 0. The van der Waals surface area contributed by atoms with E-state index in [1.54, 1.807) is 0 Å². The van der Waals surface area contributed by atoms with Crippen molar-refractivity contribution in [2.24, 2.45) is 16.9 Å². The molecule has 0 heterocycles. The molecule has 2 atom stereocenters. The molecule has 3 nitrogen and oxygen atoms in total. The minimum absolute atomic E-state index is 0.109. The van der Waals surface area contributed by atoms with Crippen LogP contribution < -0.4 is 5.43 Å². The molecule has 3 heteroatoms. The molecule has 2 rings (SSSR count). The zero-order valence-corrected chi connectivity index (χ0v) is 14.4. The molecule has 0 aliphatic heterocycles. The second kappa shape index (κ2) is 10.0.